The van der Waals surface area contributed by atoms with Crippen LogP contribution < -0.4 is 5.32 Å². The van der Waals surface area contributed by atoms with Gasteiger partial charge in [-0.15, -0.1) is 0 Å². The molecule has 5 rings (SSSR count). The summed E-state index contributed by atoms with van der Waals surface area (Å²) in [5.41, 5.74) is 4.28. The fourth-order valence-electron chi connectivity index (χ4n) is 6.04. The first kappa shape index (κ1) is 30.1. The molecule has 2 aliphatic rings. The van der Waals surface area contributed by atoms with Crippen LogP contribution in [0.3, 0.4) is 0 Å². The highest BCUT2D eigenvalue weighted by Gasteiger charge is 2.27. The van der Waals surface area contributed by atoms with Gasteiger partial charge in [-0.1, -0.05) is 36.2 Å². The number of benzene rings is 1. The lowest BCUT2D eigenvalue weighted by molar-refractivity contribution is -0.135. The van der Waals surface area contributed by atoms with Crippen molar-refractivity contribution < 1.29 is 18.3 Å². The summed E-state index contributed by atoms with van der Waals surface area (Å²) < 4.78 is 42.0. The molecular formula is C30H41F3N6OS. The van der Waals surface area contributed by atoms with Crippen molar-refractivity contribution in [3.05, 3.63) is 42.2 Å². The number of alkyl halides is 3. The van der Waals surface area contributed by atoms with E-state index < -0.39 is 12.6 Å². The highest BCUT2D eigenvalue weighted by molar-refractivity contribution is 7.96. The number of unbranched alkanes of at least 4 members (excludes halogenated alkanes) is 1. The van der Waals surface area contributed by atoms with E-state index >= 15 is 0 Å². The molecule has 2 aromatic heterocycles. The zero-order chi connectivity index (χ0) is 29.0. The summed E-state index contributed by atoms with van der Waals surface area (Å²) >= 11 is 1.82. The van der Waals surface area contributed by atoms with Crippen LogP contribution in [0.15, 0.2) is 36.7 Å². The number of aliphatic hydroxyl groups is 1. The van der Waals surface area contributed by atoms with E-state index in [-0.39, 0.29) is 18.6 Å². The van der Waals surface area contributed by atoms with E-state index in [9.17, 15) is 18.3 Å². The summed E-state index contributed by atoms with van der Waals surface area (Å²) in [5, 5.41) is 14.1. The van der Waals surface area contributed by atoms with Crippen LogP contribution >= 0.6 is 11.9 Å². The molecule has 1 saturated carbocycles. The number of fused-ring (bicyclic) bond motifs is 1. The second kappa shape index (κ2) is 13.3. The van der Waals surface area contributed by atoms with Gasteiger partial charge in [0.15, 0.2) is 0 Å². The average molecular weight is 591 g/mol. The summed E-state index contributed by atoms with van der Waals surface area (Å²) in [6.07, 6.45) is 4.69. The Hall–Kier alpha value is -2.34. The number of piperazine rings is 1. The first-order valence-corrected chi connectivity index (χ1v) is 15.9. The predicted octanol–water partition coefficient (Wildman–Crippen LogP) is 6.68. The van der Waals surface area contributed by atoms with Crippen LogP contribution in [0.2, 0.25) is 0 Å². The van der Waals surface area contributed by atoms with Gasteiger partial charge in [0.1, 0.15) is 5.65 Å². The molecule has 1 aromatic carbocycles. The number of nitrogens with zero attached hydrogens (tertiary/aromatic N) is 5. The number of hydrogen-bond acceptors (Lipinski definition) is 7. The first-order chi connectivity index (χ1) is 19.7. The van der Waals surface area contributed by atoms with Crippen LogP contribution in [-0.4, -0.2) is 80.1 Å². The van der Waals surface area contributed by atoms with Crippen molar-refractivity contribution in [2.75, 3.05) is 44.3 Å². The third kappa shape index (κ3) is 7.55. The Morgan fingerprint density at radius 1 is 1.05 bits per heavy atom. The highest BCUT2D eigenvalue weighted by atomic mass is 32.2. The fourth-order valence-corrected chi connectivity index (χ4v) is 6.56. The van der Waals surface area contributed by atoms with E-state index in [2.05, 4.69) is 67.7 Å². The van der Waals surface area contributed by atoms with Crippen molar-refractivity contribution in [2.45, 2.75) is 76.2 Å². The molecule has 1 aliphatic heterocycles. The quantitative estimate of drug-likeness (QED) is 0.202. The summed E-state index contributed by atoms with van der Waals surface area (Å²) in [7, 11) is 0. The Bertz CT molecular complexity index is 1270. The number of nitrogens with one attached hydrogen (secondary N) is 1. The molecule has 3 aromatic rings. The predicted molar refractivity (Wildman–Crippen MR) is 160 cm³/mol. The molecule has 11 heteroatoms. The number of anilines is 1. The van der Waals surface area contributed by atoms with Crippen molar-refractivity contribution in [3.8, 4) is 11.1 Å². The zero-order valence-corrected chi connectivity index (χ0v) is 24.7. The molecule has 1 atom stereocenters. The number of halogens is 3. The second-order valence-corrected chi connectivity index (χ2v) is 12.2. The van der Waals surface area contributed by atoms with E-state index in [0.29, 0.717) is 25.0 Å². The van der Waals surface area contributed by atoms with E-state index in [1.54, 1.807) is 0 Å². The molecule has 2 N–H and O–H groups in total. The number of rotatable bonds is 10. The molecule has 0 radical (unpaired) electrons. The molecule has 0 bridgehead atoms. The second-order valence-electron chi connectivity index (χ2n) is 11.3. The van der Waals surface area contributed by atoms with Gasteiger partial charge in [-0.2, -0.15) is 18.2 Å². The van der Waals surface area contributed by atoms with Crippen LogP contribution in [0.5, 0.6) is 0 Å². The lowest BCUT2D eigenvalue weighted by Gasteiger charge is -2.37. The van der Waals surface area contributed by atoms with Crippen LogP contribution in [0.25, 0.3) is 22.2 Å². The molecule has 0 spiro atoms. The van der Waals surface area contributed by atoms with Crippen LogP contribution in [-0.2, 0) is 0 Å². The Morgan fingerprint density at radius 2 is 1.76 bits per heavy atom. The van der Waals surface area contributed by atoms with Gasteiger partial charge in [0.2, 0.25) is 5.95 Å². The van der Waals surface area contributed by atoms with Gasteiger partial charge in [-0.3, -0.25) is 4.90 Å². The molecule has 2 fully saturated rings. The average Bonchev–Trinajstić information content (AvgIpc) is 3.35. The molecule has 1 saturated heterocycles. The maximum Gasteiger partial charge on any atom is 0.389 e. The van der Waals surface area contributed by atoms with E-state index in [1.165, 1.54) is 5.56 Å². The minimum absolute atomic E-state index is 0.0757. The maximum absolute atomic E-state index is 12.5. The normalized spacial score (nSPS) is 21.8. The van der Waals surface area contributed by atoms with Crippen molar-refractivity contribution in [1.29, 1.82) is 0 Å². The molecule has 3 heterocycles. The minimum Gasteiger partial charge on any atom is -0.393 e. The standard InChI is InChI=1S/C30H41F3N6OS/c1-21(37-15-17-38(41-2)18-16-37)22-5-7-23(8-6-22)27-20-39(24-9-11-25(40)12-10-24)28-26(27)19-35-29(36-28)34-14-4-3-13-30(31,32)33/h5-8,19-21,24-25,40H,3-4,9-18H2,1-2H3,(H,34,35,36)/t21-,24?,25?/m0/s1. The van der Waals surface area contributed by atoms with Crippen LogP contribution in [0, 0.1) is 0 Å². The van der Waals surface area contributed by atoms with Crippen molar-refractivity contribution >= 4 is 28.9 Å². The van der Waals surface area contributed by atoms with E-state index in [0.717, 1.165) is 74.0 Å². The van der Waals surface area contributed by atoms with Crippen molar-refractivity contribution in [2.24, 2.45) is 0 Å². The molecule has 7 nitrogen and oxygen atoms in total. The van der Waals surface area contributed by atoms with E-state index in [1.807, 2.05) is 18.1 Å². The molecular weight excluding hydrogens is 549 g/mol. The minimum atomic E-state index is -4.13. The summed E-state index contributed by atoms with van der Waals surface area (Å²) in [5.74, 6) is 0.428. The van der Waals surface area contributed by atoms with Crippen molar-refractivity contribution in [1.82, 2.24) is 23.7 Å². The van der Waals surface area contributed by atoms with Gasteiger partial charge < -0.3 is 15.0 Å². The third-order valence-corrected chi connectivity index (χ3v) is 9.47. The van der Waals surface area contributed by atoms with Gasteiger partial charge in [-0.05, 0) is 62.8 Å². The summed E-state index contributed by atoms with van der Waals surface area (Å²) in [4.78, 5) is 11.9. The van der Waals surface area contributed by atoms with Gasteiger partial charge in [0.25, 0.3) is 0 Å². The number of aromatic nitrogens is 3. The summed E-state index contributed by atoms with van der Waals surface area (Å²) in [6.45, 7) is 6.93. The Labute approximate surface area is 244 Å². The Balaban J connectivity index is 1.35. The molecule has 41 heavy (non-hydrogen) atoms. The Morgan fingerprint density at radius 3 is 2.41 bits per heavy atom. The lowest BCUT2D eigenvalue weighted by Crippen LogP contribution is -2.44. The zero-order valence-electron chi connectivity index (χ0n) is 23.9. The molecule has 0 amide bonds. The van der Waals surface area contributed by atoms with Gasteiger partial charge in [-0.25, -0.2) is 9.29 Å². The first-order valence-electron chi connectivity index (χ1n) is 14.7. The molecule has 0 unspecified atom stereocenters. The van der Waals surface area contributed by atoms with Crippen LogP contribution in [0.1, 0.15) is 69.5 Å². The smallest absolute Gasteiger partial charge is 0.389 e. The summed E-state index contributed by atoms with van der Waals surface area (Å²) in [6, 6.07) is 9.37. The van der Waals surface area contributed by atoms with Crippen LogP contribution in [0.4, 0.5) is 19.1 Å². The largest absolute Gasteiger partial charge is 0.393 e. The van der Waals surface area contributed by atoms with E-state index in [4.69, 9.17) is 4.98 Å². The molecule has 224 valence electrons. The third-order valence-electron chi connectivity index (χ3n) is 8.58. The van der Waals surface area contributed by atoms with Gasteiger partial charge in [0, 0.05) is 74.6 Å². The van der Waals surface area contributed by atoms with Gasteiger partial charge >= 0.3 is 6.18 Å². The topological polar surface area (TPSA) is 69.5 Å². The number of hydrogen-bond donors (Lipinski definition) is 2. The van der Waals surface area contributed by atoms with Crippen molar-refractivity contribution in [3.63, 3.8) is 0 Å². The lowest BCUT2D eigenvalue weighted by atomic mass is 9.93. The fraction of sp³-hybridized carbons (Fsp3) is 0.600. The maximum atomic E-state index is 12.5. The Kier molecular flexibility index (Phi) is 9.78. The molecule has 1 aliphatic carbocycles. The highest BCUT2D eigenvalue weighted by Crippen LogP contribution is 2.37. The number of aliphatic hydroxyl groups excluding tert-OH is 1. The SMILES string of the molecule is CSN1CCN([C@@H](C)c2ccc(-c3cn(C4CCC(O)CC4)c4nc(NCCCCC(F)(F)F)ncc34)cc2)CC1. The van der Waals surface area contributed by atoms with Gasteiger partial charge in [0.05, 0.1) is 6.10 Å². The monoisotopic (exact) mass is 590 g/mol.